The van der Waals surface area contributed by atoms with E-state index in [1.54, 1.807) is 25.3 Å². The molecule has 6 bridgehead atoms. The minimum absolute atomic E-state index is 0.0918. The van der Waals surface area contributed by atoms with E-state index in [0.29, 0.717) is 63.3 Å². The molecule has 0 aliphatic carbocycles. The number of pyridine rings is 1. The number of hydrazine groups is 1. The number of ether oxygens (including phenoxy) is 2. The number of rotatable bonds is 8. The number of thiazole rings is 1. The average molecular weight is 871 g/mol. The molecule has 6 heterocycles. The highest BCUT2D eigenvalue weighted by molar-refractivity contribution is 7.10. The maximum atomic E-state index is 14.5. The minimum atomic E-state index is -1.06. The number of fused-ring (bicyclic) bond motifs is 6. The summed E-state index contributed by atoms with van der Waals surface area (Å²) in [6, 6.07) is 7.40. The third-order valence-corrected chi connectivity index (χ3v) is 13.4. The van der Waals surface area contributed by atoms with Gasteiger partial charge in [-0.1, -0.05) is 33.8 Å². The number of carbonyl (C=O) groups excluding carboxylic acids is 4. The van der Waals surface area contributed by atoms with Gasteiger partial charge >= 0.3 is 12.0 Å². The molecule has 1 aromatic carbocycles. The molecule has 16 heteroatoms. The molecule has 62 heavy (non-hydrogen) atoms. The average Bonchev–Trinajstić information content (AvgIpc) is 3.85. The predicted octanol–water partition coefficient (Wildman–Crippen LogP) is 5.74. The van der Waals surface area contributed by atoms with Crippen molar-refractivity contribution in [2.45, 2.75) is 117 Å². The minimum Gasteiger partial charge on any atom is -0.464 e. The van der Waals surface area contributed by atoms with Gasteiger partial charge in [-0.3, -0.25) is 24.4 Å². The molecule has 3 N–H and O–H groups in total. The van der Waals surface area contributed by atoms with Gasteiger partial charge in [0.1, 0.15) is 18.1 Å². The number of aliphatic hydroxyl groups is 1. The summed E-state index contributed by atoms with van der Waals surface area (Å²) in [5.41, 5.74) is 9.31. The molecule has 3 aromatic heterocycles. The molecule has 4 atom stereocenters. The number of nitrogens with one attached hydrogen (secondary N) is 2. The van der Waals surface area contributed by atoms with Crippen molar-refractivity contribution in [2.75, 3.05) is 40.4 Å². The van der Waals surface area contributed by atoms with E-state index in [9.17, 15) is 24.3 Å². The molecule has 0 radical (unpaired) electrons. The maximum Gasteiger partial charge on any atom is 0.324 e. The number of carbonyl (C=O) groups is 4. The summed E-state index contributed by atoms with van der Waals surface area (Å²) in [6.45, 7) is 14.0. The number of aryl methyl sites for hydroxylation is 1. The van der Waals surface area contributed by atoms with E-state index in [-0.39, 0.29) is 31.1 Å². The lowest BCUT2D eigenvalue weighted by Crippen LogP contribution is -2.62. The van der Waals surface area contributed by atoms with E-state index in [1.165, 1.54) is 21.2 Å². The van der Waals surface area contributed by atoms with Gasteiger partial charge in [0, 0.05) is 85.8 Å². The molecular formula is C46H62N8O7S. The fourth-order valence-corrected chi connectivity index (χ4v) is 10.00. The first-order valence-electron chi connectivity index (χ1n) is 21.9. The molecule has 3 aliphatic rings. The lowest BCUT2D eigenvalue weighted by atomic mass is 9.84. The SMILES string of the molecule is CCn1c(-c2cccnc2[C@H](C)OC)c2c3cc(ccc31)-c1csc(n1)C[C@H](NC(=O)[C@H](C(C)C)N(C)C(=O)N1CCC(O)CC1)C(=O)N1CCC[C@H](N1)C(=O)OCC(C)(C)C2. The number of nitrogens with zero attached hydrogens (tertiary/aromatic N) is 6. The standard InChI is InChI=1S/C46H62N8O7S/c1-9-53-37-15-14-29-22-32(37)33(41(53)31-12-10-18-47-39(31)28(4)60-8)24-46(5,6)26-61-44(58)34-13-11-19-54(50-34)43(57)35(23-38-48-36(29)25-62-38)49-42(56)40(27(2)3)51(7)45(59)52-20-16-30(55)17-21-52/h10,12,14-15,18,22,25,27-28,30,34-35,40,50,55H,9,11,13,16-17,19-21,23-24,26H2,1-8H3,(H,49,56)/t28-,34-,35-,40-/m0/s1. The summed E-state index contributed by atoms with van der Waals surface area (Å²) in [7, 11) is 3.29. The number of cyclic esters (lactones) is 1. The lowest BCUT2D eigenvalue weighted by Gasteiger charge is -2.38. The van der Waals surface area contributed by atoms with Crippen LogP contribution in [-0.2, 0) is 43.2 Å². The van der Waals surface area contributed by atoms with E-state index in [2.05, 4.69) is 60.3 Å². The third-order valence-electron chi connectivity index (χ3n) is 12.5. The van der Waals surface area contributed by atoms with Gasteiger partial charge < -0.3 is 34.3 Å². The number of esters is 1. The van der Waals surface area contributed by atoms with Crippen LogP contribution in [0.25, 0.3) is 33.4 Å². The molecular weight excluding hydrogens is 809 g/mol. The van der Waals surface area contributed by atoms with Gasteiger partial charge in [0.05, 0.1) is 40.9 Å². The first-order chi connectivity index (χ1) is 29.6. The molecule has 2 fully saturated rings. The number of urea groups is 1. The number of piperidine rings is 1. The summed E-state index contributed by atoms with van der Waals surface area (Å²) >= 11 is 1.41. The van der Waals surface area contributed by atoms with Crippen LogP contribution in [0.5, 0.6) is 0 Å². The van der Waals surface area contributed by atoms with Crippen molar-refractivity contribution in [3.05, 3.63) is 58.2 Å². The van der Waals surface area contributed by atoms with Gasteiger partial charge in [-0.25, -0.2) is 15.2 Å². The molecule has 4 aromatic rings. The van der Waals surface area contributed by atoms with Crippen LogP contribution in [0.3, 0.4) is 0 Å². The Labute approximate surface area is 368 Å². The fraction of sp³-hybridized carbons (Fsp3) is 0.565. The lowest BCUT2D eigenvalue weighted by molar-refractivity contribution is -0.155. The fourth-order valence-electron chi connectivity index (χ4n) is 9.15. The van der Waals surface area contributed by atoms with Crippen LogP contribution in [0, 0.1) is 11.3 Å². The predicted molar refractivity (Wildman–Crippen MR) is 238 cm³/mol. The molecule has 2 saturated heterocycles. The molecule has 0 unspecified atom stereocenters. The first kappa shape index (κ1) is 45.1. The van der Waals surface area contributed by atoms with Gasteiger partial charge in [0.2, 0.25) is 5.91 Å². The van der Waals surface area contributed by atoms with Crippen LogP contribution in [0.15, 0.2) is 41.9 Å². The van der Waals surface area contributed by atoms with Crippen molar-refractivity contribution < 1.29 is 33.8 Å². The Morgan fingerprint density at radius 3 is 2.60 bits per heavy atom. The first-order valence-corrected chi connectivity index (χ1v) is 22.8. The van der Waals surface area contributed by atoms with Crippen LogP contribution >= 0.6 is 11.3 Å². The zero-order valence-corrected chi connectivity index (χ0v) is 38.1. The Kier molecular flexibility index (Phi) is 13.7. The highest BCUT2D eigenvalue weighted by Gasteiger charge is 2.39. The van der Waals surface area contributed by atoms with E-state index in [1.807, 2.05) is 32.2 Å². The van der Waals surface area contributed by atoms with Crippen molar-refractivity contribution in [2.24, 2.45) is 11.3 Å². The van der Waals surface area contributed by atoms with Crippen LogP contribution < -0.4 is 10.7 Å². The van der Waals surface area contributed by atoms with E-state index < -0.39 is 47.4 Å². The van der Waals surface area contributed by atoms with Crippen molar-refractivity contribution in [1.82, 2.24) is 40.1 Å². The Hall–Kier alpha value is -4.90. The molecule has 15 nitrogen and oxygen atoms in total. The molecule has 0 saturated carbocycles. The Morgan fingerprint density at radius 1 is 1.13 bits per heavy atom. The summed E-state index contributed by atoms with van der Waals surface area (Å²) in [6.07, 6.45) is 3.74. The van der Waals surface area contributed by atoms with Crippen molar-refractivity contribution in [1.29, 1.82) is 0 Å². The van der Waals surface area contributed by atoms with Gasteiger partial charge in [-0.15, -0.1) is 11.3 Å². The number of hydrogen-bond donors (Lipinski definition) is 3. The molecule has 3 aliphatic heterocycles. The maximum absolute atomic E-state index is 14.5. The Balaban J connectivity index is 1.28. The van der Waals surface area contributed by atoms with Crippen LogP contribution in [0.1, 0.15) is 89.6 Å². The Morgan fingerprint density at radius 2 is 1.89 bits per heavy atom. The second-order valence-electron chi connectivity index (χ2n) is 18.1. The van der Waals surface area contributed by atoms with Gasteiger partial charge in [0.15, 0.2) is 0 Å². The number of likely N-dealkylation sites (tertiary alicyclic amines) is 1. The van der Waals surface area contributed by atoms with Gasteiger partial charge in [0.25, 0.3) is 5.91 Å². The highest BCUT2D eigenvalue weighted by atomic mass is 32.1. The van der Waals surface area contributed by atoms with Crippen molar-refractivity contribution in [3.63, 3.8) is 0 Å². The summed E-state index contributed by atoms with van der Waals surface area (Å²) < 4.78 is 14.2. The monoisotopic (exact) mass is 870 g/mol. The number of likely N-dealkylation sites (N-methyl/N-ethyl adjacent to an activating group) is 1. The van der Waals surface area contributed by atoms with Crippen LogP contribution in [0.2, 0.25) is 0 Å². The van der Waals surface area contributed by atoms with Crippen LogP contribution in [0.4, 0.5) is 4.79 Å². The van der Waals surface area contributed by atoms with Crippen molar-refractivity contribution >= 4 is 46.1 Å². The van der Waals surface area contributed by atoms with E-state index >= 15 is 0 Å². The number of benzene rings is 1. The summed E-state index contributed by atoms with van der Waals surface area (Å²) in [4.78, 5) is 69.3. The number of hydrogen-bond acceptors (Lipinski definition) is 11. The summed E-state index contributed by atoms with van der Waals surface area (Å²) in [5.74, 6) is -1.61. The molecule has 0 spiro atoms. The number of methoxy groups -OCH3 is 1. The molecule has 7 rings (SSSR count). The molecule has 4 amide bonds. The van der Waals surface area contributed by atoms with Crippen LogP contribution in [-0.4, -0.2) is 123 Å². The Bertz CT molecular complexity index is 2280. The van der Waals surface area contributed by atoms with Crippen molar-refractivity contribution in [3.8, 4) is 22.5 Å². The summed E-state index contributed by atoms with van der Waals surface area (Å²) in [5, 5.41) is 18.1. The number of aromatic nitrogens is 3. The van der Waals surface area contributed by atoms with Gasteiger partial charge in [-0.2, -0.15) is 0 Å². The smallest absolute Gasteiger partial charge is 0.324 e. The largest absolute Gasteiger partial charge is 0.464 e. The highest BCUT2D eigenvalue weighted by Crippen LogP contribution is 2.42. The second kappa shape index (κ2) is 18.8. The van der Waals surface area contributed by atoms with E-state index in [0.717, 1.165) is 44.7 Å². The normalized spacial score (nSPS) is 21.1. The van der Waals surface area contributed by atoms with Gasteiger partial charge in [-0.05, 0) is 81.7 Å². The topological polar surface area (TPSA) is 171 Å². The van der Waals surface area contributed by atoms with E-state index in [4.69, 9.17) is 19.4 Å². The third kappa shape index (κ3) is 9.38. The quantitative estimate of drug-likeness (QED) is 0.186. The second-order valence-corrected chi connectivity index (χ2v) is 19.0. The zero-order valence-electron chi connectivity index (χ0n) is 37.3. The number of aliphatic hydroxyl groups excluding tert-OH is 1. The number of amides is 4. The zero-order chi connectivity index (χ0) is 44.5. The molecule has 334 valence electrons.